The summed E-state index contributed by atoms with van der Waals surface area (Å²) in [6.07, 6.45) is 1.78. The van der Waals surface area contributed by atoms with Crippen molar-refractivity contribution in [3.63, 3.8) is 0 Å². The number of amides is 2. The lowest BCUT2D eigenvalue weighted by atomic mass is 9.80. The van der Waals surface area contributed by atoms with E-state index in [1.807, 2.05) is 66.7 Å². The molecule has 0 fully saturated rings. The molecule has 0 heterocycles. The number of carbonyl (C=O) groups is 3. The minimum atomic E-state index is -1.02. The summed E-state index contributed by atoms with van der Waals surface area (Å²) in [5, 5.41) is 12.2. The highest BCUT2D eigenvalue weighted by atomic mass is 16.4. The second-order valence-corrected chi connectivity index (χ2v) is 10.9. The number of nitrogens with zero attached hydrogens (tertiary/aromatic N) is 1. The van der Waals surface area contributed by atoms with Crippen LogP contribution in [0.5, 0.6) is 0 Å². The maximum absolute atomic E-state index is 13.5. The molecule has 184 valence electrons. The van der Waals surface area contributed by atoms with E-state index in [9.17, 15) is 19.5 Å². The predicted molar refractivity (Wildman–Crippen MR) is 133 cm³/mol. The molecule has 7 heteroatoms. The Balaban J connectivity index is 3.14. The predicted octanol–water partition coefficient (Wildman–Crippen LogP) is 3.98. The first-order valence-electron chi connectivity index (χ1n) is 11.3. The van der Waals surface area contributed by atoms with Gasteiger partial charge in [-0.1, -0.05) is 66.7 Å². The Labute approximate surface area is 198 Å². The Kier molecular flexibility index (Phi) is 9.28. The van der Waals surface area contributed by atoms with Gasteiger partial charge in [0.2, 0.25) is 11.8 Å². The Morgan fingerprint density at radius 2 is 1.73 bits per heavy atom. The highest BCUT2D eigenvalue weighted by Gasteiger charge is 2.38. The van der Waals surface area contributed by atoms with Crippen LogP contribution in [0, 0.1) is 11.3 Å². The Bertz CT molecular complexity index is 897. The van der Waals surface area contributed by atoms with E-state index < -0.39 is 28.9 Å². The van der Waals surface area contributed by atoms with Crippen molar-refractivity contribution in [3.05, 3.63) is 41.5 Å². The van der Waals surface area contributed by atoms with Crippen LogP contribution in [0.4, 0.5) is 5.69 Å². The maximum Gasteiger partial charge on any atom is 0.331 e. The number of nitrogens with two attached hydrogens (primary N) is 1. The van der Waals surface area contributed by atoms with Gasteiger partial charge in [0.05, 0.1) is 6.04 Å². The molecule has 0 saturated carbocycles. The molecule has 1 aromatic carbocycles. The van der Waals surface area contributed by atoms with Crippen molar-refractivity contribution >= 4 is 23.5 Å². The number of rotatable bonds is 9. The molecule has 0 aromatic heterocycles. The molecule has 2 amide bonds. The topological polar surface area (TPSA) is 113 Å². The summed E-state index contributed by atoms with van der Waals surface area (Å²) >= 11 is 0. The van der Waals surface area contributed by atoms with Crippen LogP contribution in [0.25, 0.3) is 0 Å². The van der Waals surface area contributed by atoms with Crippen LogP contribution < -0.4 is 11.1 Å². The van der Waals surface area contributed by atoms with Gasteiger partial charge >= 0.3 is 5.97 Å². The number of aliphatic carboxylic acids is 1. The third-order valence-electron chi connectivity index (χ3n) is 5.92. The molecular weight excluding hydrogens is 418 g/mol. The van der Waals surface area contributed by atoms with Crippen molar-refractivity contribution < 1.29 is 19.5 Å². The van der Waals surface area contributed by atoms with Crippen molar-refractivity contribution in [1.82, 2.24) is 10.2 Å². The molecule has 33 heavy (non-hydrogen) atoms. The SMILES string of the molecule is C/C(=C\[C@H](C(C)C)N(C)C(=O)[C@@H](NC(=O)CC(C)(C)c1cccc(N)c1)C(C)(C)C)C(=O)O. The summed E-state index contributed by atoms with van der Waals surface area (Å²) in [4.78, 5) is 39.5. The minimum Gasteiger partial charge on any atom is -0.478 e. The molecule has 0 bridgehead atoms. The fraction of sp³-hybridized carbons (Fsp3) is 0.577. The standard InChI is InChI=1S/C26H41N3O4/c1-16(2)20(13-17(3)24(32)33)29(9)23(31)22(25(4,5)6)28-21(30)15-26(7,8)18-11-10-12-19(27)14-18/h10-14,16,20,22H,15,27H2,1-9H3,(H,28,30)(H,32,33)/b17-13+/t20-,22-/m1/s1. The summed E-state index contributed by atoms with van der Waals surface area (Å²) in [6.45, 7) is 15.0. The van der Waals surface area contributed by atoms with E-state index in [-0.39, 0.29) is 29.7 Å². The molecule has 0 aliphatic heterocycles. The van der Waals surface area contributed by atoms with Gasteiger partial charge in [0.25, 0.3) is 0 Å². The highest BCUT2D eigenvalue weighted by Crippen LogP contribution is 2.29. The van der Waals surface area contributed by atoms with E-state index in [0.29, 0.717) is 5.69 Å². The number of hydrogen-bond acceptors (Lipinski definition) is 4. The number of hydrogen-bond donors (Lipinski definition) is 3. The molecule has 0 radical (unpaired) electrons. The zero-order valence-electron chi connectivity index (χ0n) is 21.5. The number of benzene rings is 1. The first-order valence-corrected chi connectivity index (χ1v) is 11.3. The molecule has 0 unspecified atom stereocenters. The molecular formula is C26H41N3O4. The summed E-state index contributed by atoms with van der Waals surface area (Å²) in [6, 6.07) is 6.27. The molecule has 4 N–H and O–H groups in total. The van der Waals surface area contributed by atoms with Crippen LogP contribution in [0.3, 0.4) is 0 Å². The number of carbonyl (C=O) groups excluding carboxylic acids is 2. The van der Waals surface area contributed by atoms with Gasteiger partial charge < -0.3 is 21.1 Å². The third-order valence-corrected chi connectivity index (χ3v) is 5.92. The monoisotopic (exact) mass is 459 g/mol. The number of anilines is 1. The first-order chi connectivity index (χ1) is 15.0. The molecule has 0 saturated heterocycles. The Morgan fingerprint density at radius 3 is 2.18 bits per heavy atom. The maximum atomic E-state index is 13.5. The summed E-state index contributed by atoms with van der Waals surface area (Å²) in [5.74, 6) is -1.52. The van der Waals surface area contributed by atoms with Crippen LogP contribution in [0.15, 0.2) is 35.9 Å². The number of nitrogen functional groups attached to an aromatic ring is 1. The van der Waals surface area contributed by atoms with E-state index in [1.54, 1.807) is 19.2 Å². The number of carboxylic acids is 1. The lowest BCUT2D eigenvalue weighted by Gasteiger charge is -2.38. The van der Waals surface area contributed by atoms with Crippen LogP contribution >= 0.6 is 0 Å². The van der Waals surface area contributed by atoms with Gasteiger partial charge in [-0.15, -0.1) is 0 Å². The van der Waals surface area contributed by atoms with Crippen molar-refractivity contribution in [2.24, 2.45) is 11.3 Å². The number of nitrogens with one attached hydrogen (secondary N) is 1. The van der Waals surface area contributed by atoms with E-state index >= 15 is 0 Å². The van der Waals surface area contributed by atoms with Crippen LogP contribution in [0.1, 0.15) is 67.4 Å². The Hall–Kier alpha value is -2.83. The molecule has 1 rings (SSSR count). The number of carboxylic acid groups (broad SMARTS) is 1. The van der Waals surface area contributed by atoms with Gasteiger partial charge in [0, 0.05) is 24.7 Å². The normalized spacial score (nSPS) is 14.5. The average molecular weight is 460 g/mol. The molecule has 0 spiro atoms. The minimum absolute atomic E-state index is 0.00737. The molecule has 0 aliphatic carbocycles. The van der Waals surface area contributed by atoms with Crippen molar-refractivity contribution in [1.29, 1.82) is 0 Å². The number of likely N-dealkylation sites (N-methyl/N-ethyl adjacent to an activating group) is 1. The summed E-state index contributed by atoms with van der Waals surface area (Å²) in [7, 11) is 1.65. The van der Waals surface area contributed by atoms with Crippen molar-refractivity contribution in [2.75, 3.05) is 12.8 Å². The van der Waals surface area contributed by atoms with Crippen molar-refractivity contribution in [2.45, 2.75) is 79.3 Å². The quantitative estimate of drug-likeness (QED) is 0.382. The lowest BCUT2D eigenvalue weighted by molar-refractivity contribution is -0.140. The smallest absolute Gasteiger partial charge is 0.331 e. The molecule has 1 aromatic rings. The van der Waals surface area contributed by atoms with Crippen molar-refractivity contribution in [3.8, 4) is 0 Å². The van der Waals surface area contributed by atoms with Gasteiger partial charge in [-0.25, -0.2) is 4.79 Å². The van der Waals surface area contributed by atoms with Crippen LogP contribution in [-0.4, -0.2) is 46.9 Å². The Morgan fingerprint density at radius 1 is 1.15 bits per heavy atom. The highest BCUT2D eigenvalue weighted by molar-refractivity contribution is 5.89. The van der Waals surface area contributed by atoms with Gasteiger partial charge in [-0.3, -0.25) is 9.59 Å². The summed E-state index contributed by atoms with van der Waals surface area (Å²) in [5.41, 5.74) is 6.65. The van der Waals surface area contributed by atoms with E-state index in [2.05, 4.69) is 5.32 Å². The van der Waals surface area contributed by atoms with Crippen LogP contribution in [-0.2, 0) is 19.8 Å². The average Bonchev–Trinajstić information content (AvgIpc) is 2.67. The zero-order chi connectivity index (χ0) is 25.7. The zero-order valence-corrected chi connectivity index (χ0v) is 21.5. The van der Waals surface area contributed by atoms with E-state index in [4.69, 9.17) is 5.73 Å². The van der Waals surface area contributed by atoms with E-state index in [1.165, 1.54) is 11.8 Å². The molecule has 0 aliphatic rings. The van der Waals surface area contributed by atoms with Gasteiger partial charge in [-0.05, 0) is 41.4 Å². The second-order valence-electron chi connectivity index (χ2n) is 10.9. The van der Waals surface area contributed by atoms with E-state index in [0.717, 1.165) is 5.56 Å². The first kappa shape index (κ1) is 28.2. The fourth-order valence-electron chi connectivity index (χ4n) is 3.75. The molecule has 2 atom stereocenters. The fourth-order valence-corrected chi connectivity index (χ4v) is 3.75. The third kappa shape index (κ3) is 7.91. The largest absolute Gasteiger partial charge is 0.478 e. The van der Waals surface area contributed by atoms with Gasteiger partial charge in [-0.2, -0.15) is 0 Å². The summed E-state index contributed by atoms with van der Waals surface area (Å²) < 4.78 is 0. The lowest BCUT2D eigenvalue weighted by Crippen LogP contribution is -2.56. The van der Waals surface area contributed by atoms with Crippen LogP contribution in [0.2, 0.25) is 0 Å². The second kappa shape index (κ2) is 10.9. The van der Waals surface area contributed by atoms with Gasteiger partial charge in [0.1, 0.15) is 6.04 Å². The molecule has 7 nitrogen and oxygen atoms in total. The van der Waals surface area contributed by atoms with Gasteiger partial charge in [0.15, 0.2) is 0 Å².